The maximum atomic E-state index is 11.2. The van der Waals surface area contributed by atoms with Gasteiger partial charge in [-0.05, 0) is 66.3 Å². The second-order valence-corrected chi connectivity index (χ2v) is 12.1. The van der Waals surface area contributed by atoms with Crippen LogP contribution < -0.4 is 5.30 Å². The summed E-state index contributed by atoms with van der Waals surface area (Å²) in [5, 5.41) is 12.6. The molecule has 1 N–H and O–H groups in total. The lowest BCUT2D eigenvalue weighted by atomic mass is 9.82. The van der Waals surface area contributed by atoms with Crippen LogP contribution in [0.15, 0.2) is 30.3 Å². The lowest BCUT2D eigenvalue weighted by Gasteiger charge is -2.35. The number of aromatic hydroxyl groups is 1. The summed E-state index contributed by atoms with van der Waals surface area (Å²) in [6.07, 6.45) is 2.16. The topological polar surface area (TPSA) is 23.5 Å². The number of aryl methyl sites for hydroxylation is 2. The maximum Gasteiger partial charge on any atom is 0.122 e. The van der Waals surface area contributed by atoms with Gasteiger partial charge in [-0.25, -0.2) is 0 Å². The molecule has 2 aromatic rings. The lowest BCUT2D eigenvalue weighted by Crippen LogP contribution is -2.28. The Morgan fingerprint density at radius 2 is 1.58 bits per heavy atom. The Hall–Kier alpha value is -1.37. The van der Waals surface area contributed by atoms with E-state index >= 15 is 0 Å². The number of phenolic OH excluding ortho intramolecular Hbond substituents is 1. The minimum absolute atomic E-state index is 0.0556. The van der Waals surface area contributed by atoms with Crippen molar-refractivity contribution < 1.29 is 5.11 Å². The normalized spacial score (nSPS) is 14.5. The molecule has 0 bridgehead atoms. The van der Waals surface area contributed by atoms with Crippen LogP contribution in [0.4, 0.5) is 0 Å². The molecule has 0 aliphatic carbocycles. The fourth-order valence-corrected chi connectivity index (χ4v) is 6.26. The highest BCUT2D eigenvalue weighted by Gasteiger charge is 2.32. The van der Waals surface area contributed by atoms with Crippen LogP contribution >= 0.6 is 8.58 Å². The van der Waals surface area contributed by atoms with Crippen molar-refractivity contribution in [3.05, 3.63) is 58.1 Å². The van der Waals surface area contributed by atoms with E-state index in [0.29, 0.717) is 14.3 Å². The van der Waals surface area contributed by atoms with Gasteiger partial charge in [0.1, 0.15) is 5.75 Å². The summed E-state index contributed by atoms with van der Waals surface area (Å²) < 4.78 is 0. The zero-order valence-electron chi connectivity index (χ0n) is 21.3. The van der Waals surface area contributed by atoms with E-state index in [1.54, 1.807) is 0 Å². The highest BCUT2D eigenvalue weighted by atomic mass is 31.1. The molecule has 2 aromatic carbocycles. The van der Waals surface area contributed by atoms with E-state index in [1.807, 2.05) is 6.92 Å². The van der Waals surface area contributed by atoms with Crippen LogP contribution in [-0.2, 0) is 17.1 Å². The smallest absolute Gasteiger partial charge is 0.122 e. The van der Waals surface area contributed by atoms with Crippen molar-refractivity contribution >= 4 is 13.9 Å². The van der Waals surface area contributed by atoms with Gasteiger partial charge in [-0.2, -0.15) is 0 Å². The third-order valence-electron chi connectivity index (χ3n) is 6.56. The summed E-state index contributed by atoms with van der Waals surface area (Å²) in [5.74, 6) is 0.482. The largest absolute Gasteiger partial charge is 0.507 e. The van der Waals surface area contributed by atoms with Crippen LogP contribution in [0, 0.1) is 13.8 Å². The van der Waals surface area contributed by atoms with Crippen LogP contribution in [0.3, 0.4) is 0 Å². The first-order valence-electron chi connectivity index (χ1n) is 11.9. The first-order chi connectivity index (χ1) is 14.5. The van der Waals surface area contributed by atoms with Crippen molar-refractivity contribution in [1.29, 1.82) is 0 Å². The number of hydrogen-bond acceptors (Lipinski definition) is 2. The molecule has 2 atom stereocenters. The van der Waals surface area contributed by atoms with Crippen LogP contribution in [0.25, 0.3) is 0 Å². The third kappa shape index (κ3) is 6.11. The fraction of sp³-hybridized carbons (Fsp3) is 0.571. The van der Waals surface area contributed by atoms with Crippen molar-refractivity contribution in [2.75, 3.05) is 13.1 Å². The Labute approximate surface area is 193 Å². The van der Waals surface area contributed by atoms with Crippen LogP contribution in [0.2, 0.25) is 0 Å². The Kier molecular flexibility index (Phi) is 8.77. The van der Waals surface area contributed by atoms with Gasteiger partial charge in [0.15, 0.2) is 0 Å². The Morgan fingerprint density at radius 3 is 2.13 bits per heavy atom. The van der Waals surface area contributed by atoms with Gasteiger partial charge in [0.25, 0.3) is 0 Å². The second kappa shape index (κ2) is 10.5. The minimum atomic E-state index is -0.0883. The van der Waals surface area contributed by atoms with E-state index in [4.69, 9.17) is 0 Å². The summed E-state index contributed by atoms with van der Waals surface area (Å²) in [5.41, 5.74) is 6.27. The minimum Gasteiger partial charge on any atom is -0.507 e. The second-order valence-electron chi connectivity index (χ2n) is 10.2. The molecule has 0 aliphatic rings. The van der Waals surface area contributed by atoms with Crippen molar-refractivity contribution in [3.8, 4) is 5.75 Å². The lowest BCUT2D eigenvalue weighted by molar-refractivity contribution is 0.296. The van der Waals surface area contributed by atoms with Gasteiger partial charge in [0.2, 0.25) is 0 Å². The SMILES string of the molecule is CCCC(C)(Pc1c(C)cccc1CN(CC)CC)c1cc(C(C)(C)C)cc(C)c1O. The predicted octanol–water partition coefficient (Wildman–Crippen LogP) is 7.17. The molecule has 0 spiro atoms. The van der Waals surface area contributed by atoms with Gasteiger partial charge in [-0.3, -0.25) is 4.90 Å². The van der Waals surface area contributed by atoms with Gasteiger partial charge in [0.05, 0.1) is 0 Å². The van der Waals surface area contributed by atoms with Crippen LogP contribution in [-0.4, -0.2) is 23.1 Å². The van der Waals surface area contributed by atoms with Crippen LogP contribution in [0.1, 0.15) is 89.1 Å². The van der Waals surface area contributed by atoms with Gasteiger partial charge in [0, 0.05) is 17.3 Å². The van der Waals surface area contributed by atoms with Crippen molar-refractivity contribution in [2.24, 2.45) is 0 Å². The molecule has 2 nitrogen and oxygen atoms in total. The summed E-state index contributed by atoms with van der Waals surface area (Å²) in [6, 6.07) is 11.2. The summed E-state index contributed by atoms with van der Waals surface area (Å²) in [6.45, 7) is 23.3. The Bertz CT molecular complexity index is 879. The molecule has 2 unspecified atom stereocenters. The molecule has 31 heavy (non-hydrogen) atoms. The average Bonchev–Trinajstić information content (AvgIpc) is 2.69. The maximum absolute atomic E-state index is 11.2. The molecule has 3 heteroatoms. The quantitative estimate of drug-likeness (QED) is 0.417. The Balaban J connectivity index is 2.61. The highest BCUT2D eigenvalue weighted by Crippen LogP contribution is 2.50. The summed E-state index contributed by atoms with van der Waals surface area (Å²) in [7, 11) is 0.619. The van der Waals surface area contributed by atoms with E-state index in [9.17, 15) is 5.11 Å². The fourth-order valence-electron chi connectivity index (χ4n) is 4.40. The van der Waals surface area contributed by atoms with E-state index < -0.39 is 0 Å². The van der Waals surface area contributed by atoms with Crippen molar-refractivity contribution in [1.82, 2.24) is 4.90 Å². The molecule has 0 fully saturated rings. The molecule has 0 heterocycles. The predicted molar refractivity (Wildman–Crippen MR) is 140 cm³/mol. The molecule has 0 aromatic heterocycles. The first-order valence-corrected chi connectivity index (χ1v) is 12.9. The van der Waals surface area contributed by atoms with Gasteiger partial charge < -0.3 is 5.11 Å². The molecule has 0 aliphatic heterocycles. The van der Waals surface area contributed by atoms with Gasteiger partial charge in [-0.15, -0.1) is 0 Å². The number of benzene rings is 2. The standard InChI is InChI=1S/C28H44NOP/c1-10-16-28(9,24-18-23(27(6,7)8)17-21(5)25(24)30)31-26-20(4)14-13-15-22(26)19-29(11-2)12-3/h13-15,17-18,30-31H,10-12,16,19H2,1-9H3. The third-order valence-corrected chi connectivity index (χ3v) is 8.60. The molecular weight excluding hydrogens is 397 g/mol. The van der Waals surface area contributed by atoms with E-state index in [1.165, 1.54) is 22.0 Å². The number of nitrogens with zero attached hydrogens (tertiary/aromatic N) is 1. The van der Waals surface area contributed by atoms with Crippen molar-refractivity contribution in [2.45, 2.75) is 92.3 Å². The van der Waals surface area contributed by atoms with E-state index in [0.717, 1.165) is 43.6 Å². The molecule has 0 radical (unpaired) electrons. The number of hydrogen-bond donors (Lipinski definition) is 1. The van der Waals surface area contributed by atoms with Crippen LogP contribution in [0.5, 0.6) is 5.75 Å². The molecular formula is C28H44NOP. The van der Waals surface area contributed by atoms with Crippen molar-refractivity contribution in [3.63, 3.8) is 0 Å². The van der Waals surface area contributed by atoms with E-state index in [2.05, 4.69) is 90.6 Å². The van der Waals surface area contributed by atoms with Gasteiger partial charge in [-0.1, -0.05) is 93.8 Å². The van der Waals surface area contributed by atoms with Gasteiger partial charge >= 0.3 is 0 Å². The molecule has 0 saturated carbocycles. The zero-order chi connectivity index (χ0) is 23.4. The highest BCUT2D eigenvalue weighted by molar-refractivity contribution is 7.48. The average molecular weight is 442 g/mol. The Morgan fingerprint density at radius 1 is 0.935 bits per heavy atom. The summed E-state index contributed by atoms with van der Waals surface area (Å²) in [4.78, 5) is 2.49. The monoisotopic (exact) mass is 441 g/mol. The molecule has 0 saturated heterocycles. The van der Waals surface area contributed by atoms with E-state index in [-0.39, 0.29) is 10.6 Å². The number of phenols is 1. The zero-order valence-corrected chi connectivity index (χ0v) is 22.3. The summed E-state index contributed by atoms with van der Waals surface area (Å²) >= 11 is 0. The molecule has 172 valence electrons. The first kappa shape index (κ1) is 25.9. The molecule has 2 rings (SSSR count). The molecule has 0 amide bonds. The number of rotatable bonds is 9.